The van der Waals surface area contributed by atoms with Gasteiger partial charge in [-0.3, -0.25) is 0 Å². The van der Waals surface area contributed by atoms with E-state index in [0.29, 0.717) is 5.92 Å². The number of aromatic nitrogens is 2. The summed E-state index contributed by atoms with van der Waals surface area (Å²) in [6.45, 7) is 2.64. The number of nitrogens with zero attached hydrogens (tertiary/aromatic N) is 2. The molecule has 1 fully saturated rings. The van der Waals surface area contributed by atoms with Crippen molar-refractivity contribution in [3.05, 3.63) is 54.1 Å². The largest absolute Gasteiger partial charge is 0.381 e. The van der Waals surface area contributed by atoms with Gasteiger partial charge in [-0.15, -0.1) is 0 Å². The highest BCUT2D eigenvalue weighted by molar-refractivity contribution is 5.16. The van der Waals surface area contributed by atoms with Crippen molar-refractivity contribution in [1.82, 2.24) is 9.55 Å². The fourth-order valence-corrected chi connectivity index (χ4v) is 2.55. The first-order valence-corrected chi connectivity index (χ1v) is 6.56. The minimum Gasteiger partial charge on any atom is -0.381 e. The normalized spacial score (nSPS) is 16.9. The quantitative estimate of drug-likeness (QED) is 0.827. The van der Waals surface area contributed by atoms with E-state index in [9.17, 15) is 0 Å². The molecule has 3 heteroatoms. The van der Waals surface area contributed by atoms with Gasteiger partial charge in [-0.05, 0) is 18.4 Å². The van der Waals surface area contributed by atoms with Gasteiger partial charge in [0.1, 0.15) is 5.82 Å². The highest BCUT2D eigenvalue weighted by Gasteiger charge is 2.20. The van der Waals surface area contributed by atoms with Gasteiger partial charge in [-0.1, -0.05) is 30.3 Å². The van der Waals surface area contributed by atoms with E-state index in [1.807, 2.05) is 6.20 Å². The second kappa shape index (κ2) is 5.36. The lowest BCUT2D eigenvalue weighted by atomic mass is 9.99. The van der Waals surface area contributed by atoms with Gasteiger partial charge in [0, 0.05) is 38.1 Å². The molecule has 1 aliphatic heterocycles. The minimum absolute atomic E-state index is 0.553. The van der Waals surface area contributed by atoms with E-state index in [4.69, 9.17) is 4.74 Å². The van der Waals surface area contributed by atoms with E-state index in [-0.39, 0.29) is 0 Å². The molecule has 0 bridgehead atoms. The number of imidazole rings is 1. The number of benzene rings is 1. The summed E-state index contributed by atoms with van der Waals surface area (Å²) in [6, 6.07) is 10.5. The molecule has 2 heterocycles. The van der Waals surface area contributed by atoms with Crippen LogP contribution in [0, 0.1) is 0 Å². The molecule has 0 aliphatic carbocycles. The van der Waals surface area contributed by atoms with Gasteiger partial charge in [0.25, 0.3) is 0 Å². The molecule has 94 valence electrons. The number of hydrogen-bond acceptors (Lipinski definition) is 2. The smallest absolute Gasteiger partial charge is 0.112 e. The van der Waals surface area contributed by atoms with E-state index < -0.39 is 0 Å². The topological polar surface area (TPSA) is 27.1 Å². The van der Waals surface area contributed by atoms with Crippen LogP contribution >= 0.6 is 0 Å². The Morgan fingerprint density at radius 3 is 2.72 bits per heavy atom. The van der Waals surface area contributed by atoms with Crippen LogP contribution in [-0.2, 0) is 11.3 Å². The molecule has 1 aliphatic rings. The lowest BCUT2D eigenvalue weighted by Gasteiger charge is -2.22. The SMILES string of the molecule is c1ccc(Cn2ccnc2C2CCOCC2)cc1. The van der Waals surface area contributed by atoms with E-state index >= 15 is 0 Å². The average molecular weight is 242 g/mol. The summed E-state index contributed by atoms with van der Waals surface area (Å²) in [4.78, 5) is 4.54. The van der Waals surface area contributed by atoms with E-state index in [1.165, 1.54) is 11.4 Å². The predicted octanol–water partition coefficient (Wildman–Crippen LogP) is 2.83. The molecule has 1 aromatic carbocycles. The summed E-state index contributed by atoms with van der Waals surface area (Å²) in [5.41, 5.74) is 1.32. The molecule has 0 amide bonds. The van der Waals surface area contributed by atoms with Gasteiger partial charge in [0.05, 0.1) is 0 Å². The predicted molar refractivity (Wildman–Crippen MR) is 70.6 cm³/mol. The summed E-state index contributed by atoms with van der Waals surface area (Å²) in [5.74, 6) is 1.76. The maximum absolute atomic E-state index is 5.42. The Morgan fingerprint density at radius 1 is 1.17 bits per heavy atom. The maximum Gasteiger partial charge on any atom is 0.112 e. The highest BCUT2D eigenvalue weighted by Crippen LogP contribution is 2.25. The van der Waals surface area contributed by atoms with Crippen LogP contribution in [-0.4, -0.2) is 22.8 Å². The van der Waals surface area contributed by atoms with Gasteiger partial charge in [0.2, 0.25) is 0 Å². The molecule has 18 heavy (non-hydrogen) atoms. The second-order valence-corrected chi connectivity index (χ2v) is 4.79. The zero-order valence-electron chi connectivity index (χ0n) is 10.5. The monoisotopic (exact) mass is 242 g/mol. The standard InChI is InChI=1S/C15H18N2O/c1-2-4-13(5-3-1)12-17-9-8-16-15(17)14-6-10-18-11-7-14/h1-5,8-9,14H,6-7,10-12H2. The molecule has 0 saturated carbocycles. The Balaban J connectivity index is 1.78. The third kappa shape index (κ3) is 2.46. The first kappa shape index (κ1) is 11.5. The molecule has 3 nitrogen and oxygen atoms in total. The minimum atomic E-state index is 0.553. The van der Waals surface area contributed by atoms with Crippen LogP contribution in [0.4, 0.5) is 0 Å². The van der Waals surface area contributed by atoms with Crippen LogP contribution in [0.15, 0.2) is 42.7 Å². The van der Waals surface area contributed by atoms with Crippen LogP contribution in [0.25, 0.3) is 0 Å². The highest BCUT2D eigenvalue weighted by atomic mass is 16.5. The Kier molecular flexibility index (Phi) is 3.42. The number of hydrogen-bond donors (Lipinski definition) is 0. The van der Waals surface area contributed by atoms with Gasteiger partial charge < -0.3 is 9.30 Å². The van der Waals surface area contributed by atoms with Crippen molar-refractivity contribution >= 4 is 0 Å². The fourth-order valence-electron chi connectivity index (χ4n) is 2.55. The van der Waals surface area contributed by atoms with Gasteiger partial charge in [-0.2, -0.15) is 0 Å². The third-order valence-electron chi connectivity index (χ3n) is 3.53. The number of ether oxygens (including phenoxy) is 1. The summed E-state index contributed by atoms with van der Waals surface area (Å²) in [5, 5.41) is 0. The number of rotatable bonds is 3. The van der Waals surface area contributed by atoms with Gasteiger partial charge in [0.15, 0.2) is 0 Å². The van der Waals surface area contributed by atoms with Crippen LogP contribution < -0.4 is 0 Å². The molecule has 0 radical (unpaired) electrons. The van der Waals surface area contributed by atoms with E-state index in [2.05, 4.69) is 46.1 Å². The maximum atomic E-state index is 5.42. The second-order valence-electron chi connectivity index (χ2n) is 4.79. The summed E-state index contributed by atoms with van der Waals surface area (Å²) < 4.78 is 7.69. The van der Waals surface area contributed by atoms with Gasteiger partial charge in [-0.25, -0.2) is 4.98 Å². The first-order chi connectivity index (χ1) is 8.93. The third-order valence-corrected chi connectivity index (χ3v) is 3.53. The molecule has 0 unspecified atom stereocenters. The van der Waals surface area contributed by atoms with Crippen molar-refractivity contribution in [1.29, 1.82) is 0 Å². The van der Waals surface area contributed by atoms with Crippen molar-refractivity contribution in [2.24, 2.45) is 0 Å². The zero-order valence-corrected chi connectivity index (χ0v) is 10.5. The van der Waals surface area contributed by atoms with E-state index in [1.54, 1.807) is 0 Å². The van der Waals surface area contributed by atoms with Crippen molar-refractivity contribution < 1.29 is 4.74 Å². The fraction of sp³-hybridized carbons (Fsp3) is 0.400. The molecule has 1 aromatic heterocycles. The molecule has 0 spiro atoms. The molecule has 0 N–H and O–H groups in total. The van der Waals surface area contributed by atoms with Crippen LogP contribution in [0.3, 0.4) is 0 Å². The zero-order chi connectivity index (χ0) is 12.2. The van der Waals surface area contributed by atoms with Crippen molar-refractivity contribution in [3.63, 3.8) is 0 Å². The summed E-state index contributed by atoms with van der Waals surface area (Å²) in [6.07, 6.45) is 6.17. The van der Waals surface area contributed by atoms with E-state index in [0.717, 1.165) is 32.6 Å². The molecule has 3 rings (SSSR count). The lowest BCUT2D eigenvalue weighted by Crippen LogP contribution is -2.18. The molecular weight excluding hydrogens is 224 g/mol. The Morgan fingerprint density at radius 2 is 1.94 bits per heavy atom. The Hall–Kier alpha value is -1.61. The first-order valence-electron chi connectivity index (χ1n) is 6.56. The Labute approximate surface area is 107 Å². The van der Waals surface area contributed by atoms with Crippen molar-refractivity contribution in [2.75, 3.05) is 13.2 Å². The van der Waals surface area contributed by atoms with Crippen LogP contribution in [0.2, 0.25) is 0 Å². The molecule has 2 aromatic rings. The summed E-state index contributed by atoms with van der Waals surface area (Å²) in [7, 11) is 0. The van der Waals surface area contributed by atoms with Gasteiger partial charge >= 0.3 is 0 Å². The lowest BCUT2D eigenvalue weighted by molar-refractivity contribution is 0.0829. The van der Waals surface area contributed by atoms with Crippen LogP contribution in [0.5, 0.6) is 0 Å². The molecular formula is C15H18N2O. The average Bonchev–Trinajstić information content (AvgIpc) is 2.89. The molecule has 0 atom stereocenters. The molecule has 1 saturated heterocycles. The Bertz CT molecular complexity index is 486. The van der Waals surface area contributed by atoms with Crippen LogP contribution in [0.1, 0.15) is 30.1 Å². The van der Waals surface area contributed by atoms with Crippen molar-refractivity contribution in [2.45, 2.75) is 25.3 Å². The van der Waals surface area contributed by atoms with Crippen molar-refractivity contribution in [3.8, 4) is 0 Å². The summed E-state index contributed by atoms with van der Waals surface area (Å²) >= 11 is 0.